The standard InChI is InChI=1S/C6H13NO3/c1-5(6(8)9)4-7(2)10-3/h5H,4H2,1-3H3,(H,8,9). The molecule has 1 unspecified atom stereocenters. The van der Waals surface area contributed by atoms with Crippen molar-refractivity contribution in [3.63, 3.8) is 0 Å². The van der Waals surface area contributed by atoms with E-state index in [2.05, 4.69) is 0 Å². The first kappa shape index (κ1) is 9.39. The second-order valence-electron chi connectivity index (χ2n) is 2.23. The van der Waals surface area contributed by atoms with Gasteiger partial charge in [-0.1, -0.05) is 6.92 Å². The van der Waals surface area contributed by atoms with E-state index in [0.29, 0.717) is 6.54 Å². The van der Waals surface area contributed by atoms with Crippen LogP contribution in [0.1, 0.15) is 6.92 Å². The smallest absolute Gasteiger partial charge is 0.307 e. The summed E-state index contributed by atoms with van der Waals surface area (Å²) in [7, 11) is 3.20. The van der Waals surface area contributed by atoms with Crippen LogP contribution in [0.15, 0.2) is 0 Å². The van der Waals surface area contributed by atoms with Gasteiger partial charge in [0.2, 0.25) is 0 Å². The highest BCUT2D eigenvalue weighted by Crippen LogP contribution is 1.96. The number of hydrogen-bond acceptors (Lipinski definition) is 3. The maximum Gasteiger partial charge on any atom is 0.307 e. The van der Waals surface area contributed by atoms with Crippen LogP contribution < -0.4 is 0 Å². The number of carbonyl (C=O) groups is 1. The summed E-state index contributed by atoms with van der Waals surface area (Å²) >= 11 is 0. The Hall–Kier alpha value is -0.610. The molecular weight excluding hydrogens is 134 g/mol. The molecule has 60 valence electrons. The van der Waals surface area contributed by atoms with Crippen LogP contribution in [-0.4, -0.2) is 36.8 Å². The Morgan fingerprint density at radius 2 is 2.30 bits per heavy atom. The third-order valence-electron chi connectivity index (χ3n) is 1.26. The monoisotopic (exact) mass is 147 g/mol. The molecule has 0 aromatic rings. The van der Waals surface area contributed by atoms with E-state index in [1.54, 1.807) is 14.0 Å². The highest BCUT2D eigenvalue weighted by Gasteiger charge is 2.12. The number of hydroxylamine groups is 2. The third kappa shape index (κ3) is 3.42. The molecule has 0 aliphatic carbocycles. The summed E-state index contributed by atoms with van der Waals surface area (Å²) in [5.74, 6) is -1.19. The van der Waals surface area contributed by atoms with Crippen molar-refractivity contribution in [2.75, 3.05) is 20.7 Å². The Kier molecular flexibility index (Phi) is 3.99. The van der Waals surface area contributed by atoms with Gasteiger partial charge < -0.3 is 9.94 Å². The van der Waals surface area contributed by atoms with Crippen LogP contribution in [0.4, 0.5) is 0 Å². The highest BCUT2D eigenvalue weighted by molar-refractivity contribution is 5.69. The molecule has 1 N–H and O–H groups in total. The van der Waals surface area contributed by atoms with Crippen molar-refractivity contribution in [2.24, 2.45) is 5.92 Å². The number of carboxylic acid groups (broad SMARTS) is 1. The van der Waals surface area contributed by atoms with Crippen molar-refractivity contribution in [3.8, 4) is 0 Å². The molecule has 4 nitrogen and oxygen atoms in total. The van der Waals surface area contributed by atoms with Gasteiger partial charge in [-0.25, -0.2) is 0 Å². The Labute approximate surface area is 60.3 Å². The third-order valence-corrected chi connectivity index (χ3v) is 1.26. The number of nitrogens with zero attached hydrogens (tertiary/aromatic N) is 1. The summed E-state index contributed by atoms with van der Waals surface area (Å²) in [5, 5.41) is 9.93. The predicted octanol–water partition coefficient (Wildman–Crippen LogP) is 0.200. The molecule has 0 bridgehead atoms. The lowest BCUT2D eigenvalue weighted by atomic mass is 10.2. The summed E-state index contributed by atoms with van der Waals surface area (Å²) in [6, 6.07) is 0. The molecule has 0 amide bonds. The average molecular weight is 147 g/mol. The van der Waals surface area contributed by atoms with Crippen molar-refractivity contribution in [3.05, 3.63) is 0 Å². The van der Waals surface area contributed by atoms with E-state index < -0.39 is 5.97 Å². The van der Waals surface area contributed by atoms with Crippen molar-refractivity contribution < 1.29 is 14.7 Å². The van der Waals surface area contributed by atoms with E-state index in [4.69, 9.17) is 9.94 Å². The lowest BCUT2D eigenvalue weighted by Gasteiger charge is -2.15. The highest BCUT2D eigenvalue weighted by atomic mass is 16.7. The maximum atomic E-state index is 10.3. The second kappa shape index (κ2) is 4.24. The van der Waals surface area contributed by atoms with Crippen LogP contribution in [0, 0.1) is 5.92 Å². The molecule has 0 aromatic carbocycles. The summed E-state index contributed by atoms with van der Waals surface area (Å²) in [6.45, 7) is 2.05. The molecule has 0 rings (SSSR count). The molecule has 0 aliphatic heterocycles. The Bertz CT molecular complexity index is 116. The van der Waals surface area contributed by atoms with Crippen molar-refractivity contribution in [1.82, 2.24) is 5.06 Å². The first-order valence-corrected chi connectivity index (χ1v) is 3.06. The number of carboxylic acids is 1. The fraction of sp³-hybridized carbons (Fsp3) is 0.833. The van der Waals surface area contributed by atoms with Gasteiger partial charge in [0.05, 0.1) is 13.0 Å². The molecule has 4 heteroatoms. The Morgan fingerprint density at radius 3 is 2.60 bits per heavy atom. The van der Waals surface area contributed by atoms with Crippen molar-refractivity contribution in [1.29, 1.82) is 0 Å². The van der Waals surface area contributed by atoms with Gasteiger partial charge in [-0.05, 0) is 0 Å². The predicted molar refractivity (Wildman–Crippen MR) is 36.4 cm³/mol. The lowest BCUT2D eigenvalue weighted by molar-refractivity contribution is -0.151. The van der Waals surface area contributed by atoms with Gasteiger partial charge in [0.1, 0.15) is 0 Å². The average Bonchev–Trinajstić information content (AvgIpc) is 1.87. The van der Waals surface area contributed by atoms with Gasteiger partial charge in [0.15, 0.2) is 0 Å². The lowest BCUT2D eigenvalue weighted by Crippen LogP contribution is -2.27. The van der Waals surface area contributed by atoms with Crippen LogP contribution in [0.25, 0.3) is 0 Å². The largest absolute Gasteiger partial charge is 0.481 e. The molecule has 0 radical (unpaired) electrons. The fourth-order valence-electron chi connectivity index (χ4n) is 0.538. The zero-order valence-electron chi connectivity index (χ0n) is 6.50. The normalized spacial score (nSPS) is 13.6. The number of aliphatic carboxylic acids is 1. The van der Waals surface area contributed by atoms with E-state index in [-0.39, 0.29) is 5.92 Å². The van der Waals surface area contributed by atoms with E-state index in [9.17, 15) is 4.79 Å². The van der Waals surface area contributed by atoms with Gasteiger partial charge in [-0.15, -0.1) is 0 Å². The van der Waals surface area contributed by atoms with Gasteiger partial charge in [-0.3, -0.25) is 4.79 Å². The molecule has 0 saturated heterocycles. The quantitative estimate of drug-likeness (QED) is 0.577. The molecule has 0 aromatic heterocycles. The number of rotatable bonds is 4. The maximum absolute atomic E-state index is 10.3. The van der Waals surface area contributed by atoms with Crippen molar-refractivity contribution in [2.45, 2.75) is 6.92 Å². The zero-order valence-corrected chi connectivity index (χ0v) is 6.50. The summed E-state index contributed by atoms with van der Waals surface area (Å²) in [5.41, 5.74) is 0. The van der Waals surface area contributed by atoms with Gasteiger partial charge >= 0.3 is 5.97 Å². The fourth-order valence-corrected chi connectivity index (χ4v) is 0.538. The van der Waals surface area contributed by atoms with Crippen LogP contribution in [0.3, 0.4) is 0 Å². The molecule has 0 saturated carbocycles. The first-order chi connectivity index (χ1) is 4.57. The first-order valence-electron chi connectivity index (χ1n) is 3.06. The van der Waals surface area contributed by atoms with Crippen LogP contribution >= 0.6 is 0 Å². The number of hydrogen-bond donors (Lipinski definition) is 1. The van der Waals surface area contributed by atoms with Gasteiger partial charge in [0, 0.05) is 13.6 Å². The molecule has 0 spiro atoms. The Balaban J connectivity index is 3.56. The summed E-state index contributed by atoms with van der Waals surface area (Å²) in [6.07, 6.45) is 0. The SMILES string of the molecule is CON(C)CC(C)C(=O)O. The van der Waals surface area contributed by atoms with E-state index in [0.717, 1.165) is 0 Å². The van der Waals surface area contributed by atoms with Gasteiger partial charge in [0.25, 0.3) is 0 Å². The topological polar surface area (TPSA) is 49.8 Å². The summed E-state index contributed by atoms with van der Waals surface area (Å²) in [4.78, 5) is 15.0. The minimum Gasteiger partial charge on any atom is -0.481 e. The Morgan fingerprint density at radius 1 is 1.80 bits per heavy atom. The van der Waals surface area contributed by atoms with E-state index in [1.807, 2.05) is 0 Å². The molecule has 1 atom stereocenters. The molecular formula is C6H13NO3. The zero-order chi connectivity index (χ0) is 8.15. The second-order valence-corrected chi connectivity index (χ2v) is 2.23. The van der Waals surface area contributed by atoms with Crippen molar-refractivity contribution >= 4 is 5.97 Å². The molecule has 0 aliphatic rings. The summed E-state index contributed by atoms with van der Waals surface area (Å²) < 4.78 is 0. The minimum atomic E-state index is -0.802. The molecule has 0 fully saturated rings. The van der Waals surface area contributed by atoms with Gasteiger partial charge in [-0.2, -0.15) is 5.06 Å². The van der Waals surface area contributed by atoms with E-state index >= 15 is 0 Å². The van der Waals surface area contributed by atoms with Crippen LogP contribution in [0.2, 0.25) is 0 Å². The molecule has 0 heterocycles. The van der Waals surface area contributed by atoms with E-state index in [1.165, 1.54) is 12.2 Å². The van der Waals surface area contributed by atoms with Crippen LogP contribution in [-0.2, 0) is 9.63 Å². The van der Waals surface area contributed by atoms with Crippen LogP contribution in [0.5, 0.6) is 0 Å². The minimum absolute atomic E-state index is 0.384. The molecule has 10 heavy (non-hydrogen) atoms.